The Bertz CT molecular complexity index is 583. The summed E-state index contributed by atoms with van der Waals surface area (Å²) in [5.41, 5.74) is 7.84. The van der Waals surface area contributed by atoms with Crippen LogP contribution in [0.2, 0.25) is 0 Å². The highest BCUT2D eigenvalue weighted by Crippen LogP contribution is 2.28. The molecular weight excluding hydrogens is 259 g/mol. The average Bonchev–Trinajstić information content (AvgIpc) is 2.82. The predicted molar refractivity (Wildman–Crippen MR) is 77.1 cm³/mol. The number of rotatable bonds is 6. The lowest BCUT2D eigenvalue weighted by Gasteiger charge is -2.12. The van der Waals surface area contributed by atoms with Crippen molar-refractivity contribution in [2.75, 3.05) is 17.7 Å². The van der Waals surface area contributed by atoms with Crippen molar-refractivity contribution < 1.29 is 9.13 Å². The zero-order valence-corrected chi connectivity index (χ0v) is 11.7. The van der Waals surface area contributed by atoms with Crippen LogP contribution in [0, 0.1) is 5.82 Å². The van der Waals surface area contributed by atoms with E-state index >= 15 is 0 Å². The molecule has 0 saturated heterocycles. The maximum Gasteiger partial charge on any atom is 0.167 e. The second-order valence-corrected chi connectivity index (χ2v) is 4.59. The van der Waals surface area contributed by atoms with Gasteiger partial charge in [-0.05, 0) is 6.42 Å². The number of anilines is 2. The average molecular weight is 278 g/mol. The maximum absolute atomic E-state index is 13.7. The summed E-state index contributed by atoms with van der Waals surface area (Å²) in [6.07, 6.45) is 4.49. The van der Waals surface area contributed by atoms with Crippen LogP contribution in [0.15, 0.2) is 24.5 Å². The highest BCUT2D eigenvalue weighted by Gasteiger charge is 2.09. The molecule has 0 bridgehead atoms. The van der Waals surface area contributed by atoms with Crippen molar-refractivity contribution in [1.82, 2.24) is 9.78 Å². The quantitative estimate of drug-likeness (QED) is 0.797. The van der Waals surface area contributed by atoms with Gasteiger partial charge in [-0.2, -0.15) is 5.10 Å². The molecule has 0 saturated carbocycles. The van der Waals surface area contributed by atoms with E-state index in [0.29, 0.717) is 24.5 Å². The van der Waals surface area contributed by atoms with E-state index < -0.39 is 5.82 Å². The Morgan fingerprint density at radius 1 is 1.45 bits per heavy atom. The Kier molecular flexibility index (Phi) is 4.45. The fourth-order valence-electron chi connectivity index (χ4n) is 1.80. The molecule has 0 spiro atoms. The topological polar surface area (TPSA) is 65.1 Å². The monoisotopic (exact) mass is 278 g/mol. The van der Waals surface area contributed by atoms with Gasteiger partial charge in [-0.25, -0.2) is 4.39 Å². The number of hydrogen-bond donors (Lipinski definition) is 2. The van der Waals surface area contributed by atoms with Gasteiger partial charge in [-0.3, -0.25) is 4.68 Å². The third kappa shape index (κ3) is 3.40. The molecule has 0 amide bonds. The zero-order valence-electron chi connectivity index (χ0n) is 11.7. The molecule has 1 aromatic heterocycles. The molecule has 20 heavy (non-hydrogen) atoms. The standard InChI is InChI=1S/C14H19FN4O/c1-3-4-20-14-6-13(12(16)5-11(14)15)17-7-10-8-18-19(2)9-10/h5-6,8-9,17H,3-4,7,16H2,1-2H3. The number of nitrogens with one attached hydrogen (secondary N) is 1. The van der Waals surface area contributed by atoms with Crippen LogP contribution in [0.5, 0.6) is 5.75 Å². The normalized spacial score (nSPS) is 10.6. The van der Waals surface area contributed by atoms with E-state index in [1.165, 1.54) is 6.07 Å². The van der Waals surface area contributed by atoms with E-state index in [0.717, 1.165) is 12.0 Å². The molecule has 2 rings (SSSR count). The summed E-state index contributed by atoms with van der Waals surface area (Å²) in [4.78, 5) is 0. The Labute approximate surface area is 117 Å². The second-order valence-electron chi connectivity index (χ2n) is 4.59. The molecule has 1 heterocycles. The van der Waals surface area contributed by atoms with E-state index in [1.807, 2.05) is 20.2 Å². The molecule has 2 aromatic rings. The number of halogens is 1. The third-order valence-electron chi connectivity index (χ3n) is 2.81. The van der Waals surface area contributed by atoms with Crippen LogP contribution in [0.3, 0.4) is 0 Å². The van der Waals surface area contributed by atoms with Crippen molar-refractivity contribution >= 4 is 11.4 Å². The minimum atomic E-state index is -0.442. The Morgan fingerprint density at radius 3 is 2.90 bits per heavy atom. The van der Waals surface area contributed by atoms with E-state index in [-0.39, 0.29) is 5.75 Å². The number of hydrogen-bond acceptors (Lipinski definition) is 4. The van der Waals surface area contributed by atoms with Crippen molar-refractivity contribution in [3.05, 3.63) is 35.9 Å². The first-order valence-electron chi connectivity index (χ1n) is 6.53. The van der Waals surface area contributed by atoms with Gasteiger partial charge in [-0.1, -0.05) is 6.92 Å². The van der Waals surface area contributed by atoms with E-state index in [9.17, 15) is 4.39 Å². The molecule has 0 aliphatic rings. The van der Waals surface area contributed by atoms with Crippen molar-refractivity contribution in [2.45, 2.75) is 19.9 Å². The molecular formula is C14H19FN4O. The largest absolute Gasteiger partial charge is 0.490 e. The van der Waals surface area contributed by atoms with Crippen LogP contribution >= 0.6 is 0 Å². The number of nitrogens with two attached hydrogens (primary N) is 1. The highest BCUT2D eigenvalue weighted by atomic mass is 19.1. The number of nitrogens with zero attached hydrogens (tertiary/aromatic N) is 2. The summed E-state index contributed by atoms with van der Waals surface area (Å²) >= 11 is 0. The smallest absolute Gasteiger partial charge is 0.167 e. The van der Waals surface area contributed by atoms with Crippen molar-refractivity contribution in [3.63, 3.8) is 0 Å². The summed E-state index contributed by atoms with van der Waals surface area (Å²) in [6.45, 7) is 3.01. The lowest BCUT2D eigenvalue weighted by atomic mass is 10.2. The number of nitrogen functional groups attached to an aromatic ring is 1. The minimum Gasteiger partial charge on any atom is -0.490 e. The lowest BCUT2D eigenvalue weighted by molar-refractivity contribution is 0.301. The lowest BCUT2D eigenvalue weighted by Crippen LogP contribution is -2.05. The third-order valence-corrected chi connectivity index (χ3v) is 2.81. The zero-order chi connectivity index (χ0) is 14.5. The van der Waals surface area contributed by atoms with Gasteiger partial charge >= 0.3 is 0 Å². The first-order chi connectivity index (χ1) is 9.60. The van der Waals surface area contributed by atoms with E-state index in [4.69, 9.17) is 10.5 Å². The molecule has 0 radical (unpaired) electrons. The molecule has 0 aliphatic heterocycles. The summed E-state index contributed by atoms with van der Waals surface area (Å²) < 4.78 is 20.7. The molecule has 0 unspecified atom stereocenters. The molecule has 1 aromatic carbocycles. The van der Waals surface area contributed by atoms with Gasteiger partial charge in [0.2, 0.25) is 0 Å². The minimum absolute atomic E-state index is 0.217. The fraction of sp³-hybridized carbons (Fsp3) is 0.357. The van der Waals surface area contributed by atoms with Gasteiger partial charge in [0.25, 0.3) is 0 Å². The maximum atomic E-state index is 13.7. The Balaban J connectivity index is 2.09. The van der Waals surface area contributed by atoms with Gasteiger partial charge in [0.15, 0.2) is 11.6 Å². The van der Waals surface area contributed by atoms with Crippen LogP contribution in [0.25, 0.3) is 0 Å². The second kappa shape index (κ2) is 6.27. The van der Waals surface area contributed by atoms with Gasteiger partial charge in [-0.15, -0.1) is 0 Å². The number of ether oxygens (including phenoxy) is 1. The van der Waals surface area contributed by atoms with Crippen LogP contribution in [-0.4, -0.2) is 16.4 Å². The molecule has 6 heteroatoms. The molecule has 3 N–H and O–H groups in total. The predicted octanol–water partition coefficient (Wildman–Crippen LogP) is 2.54. The highest BCUT2D eigenvalue weighted by molar-refractivity contribution is 5.68. The van der Waals surface area contributed by atoms with Gasteiger partial charge in [0.1, 0.15) is 0 Å². The number of aryl methyl sites for hydroxylation is 1. The van der Waals surface area contributed by atoms with E-state index in [1.54, 1.807) is 16.9 Å². The first-order valence-corrected chi connectivity index (χ1v) is 6.53. The SMILES string of the molecule is CCCOc1cc(NCc2cnn(C)c2)c(N)cc1F. The summed E-state index contributed by atoms with van der Waals surface area (Å²) in [7, 11) is 1.85. The van der Waals surface area contributed by atoms with Crippen LogP contribution in [0.1, 0.15) is 18.9 Å². The van der Waals surface area contributed by atoms with Crippen LogP contribution in [0.4, 0.5) is 15.8 Å². The summed E-state index contributed by atoms with van der Waals surface area (Å²) in [5.74, 6) is -0.224. The van der Waals surface area contributed by atoms with Gasteiger partial charge in [0, 0.05) is 37.5 Å². The van der Waals surface area contributed by atoms with Crippen LogP contribution in [-0.2, 0) is 13.6 Å². The number of benzene rings is 1. The van der Waals surface area contributed by atoms with Gasteiger partial charge < -0.3 is 15.8 Å². The van der Waals surface area contributed by atoms with Crippen molar-refractivity contribution in [3.8, 4) is 5.75 Å². The number of aromatic nitrogens is 2. The van der Waals surface area contributed by atoms with Gasteiger partial charge in [0.05, 0.1) is 24.2 Å². The summed E-state index contributed by atoms with van der Waals surface area (Å²) in [5, 5.41) is 7.25. The molecule has 0 fully saturated rings. The summed E-state index contributed by atoms with van der Waals surface area (Å²) in [6, 6.07) is 2.87. The Morgan fingerprint density at radius 2 is 2.25 bits per heavy atom. The Hall–Kier alpha value is -2.24. The first kappa shape index (κ1) is 14.2. The molecule has 108 valence electrons. The molecule has 0 atom stereocenters. The van der Waals surface area contributed by atoms with Crippen molar-refractivity contribution in [1.29, 1.82) is 0 Å². The fourth-order valence-corrected chi connectivity index (χ4v) is 1.80. The van der Waals surface area contributed by atoms with E-state index in [2.05, 4.69) is 10.4 Å². The molecule has 0 aliphatic carbocycles. The van der Waals surface area contributed by atoms with Crippen LogP contribution < -0.4 is 15.8 Å². The molecule has 5 nitrogen and oxygen atoms in total. The van der Waals surface area contributed by atoms with Crippen molar-refractivity contribution in [2.24, 2.45) is 7.05 Å².